The molecule has 3 rings (SSSR count). The number of carbonyl (C=O) groups is 1. The first-order valence-corrected chi connectivity index (χ1v) is 6.40. The van der Waals surface area contributed by atoms with Crippen LogP contribution in [-0.4, -0.2) is 25.8 Å². The highest BCUT2D eigenvalue weighted by Gasteiger charge is 2.29. The van der Waals surface area contributed by atoms with E-state index in [9.17, 15) is 9.90 Å². The number of nitrogens with zero attached hydrogens (tertiary/aromatic N) is 3. The second-order valence-electron chi connectivity index (χ2n) is 4.92. The number of carboxylic acids is 1. The molecule has 2 heterocycles. The molecule has 0 radical (unpaired) electrons. The maximum absolute atomic E-state index is 11.4. The molecule has 0 amide bonds. The van der Waals surface area contributed by atoms with Gasteiger partial charge in [-0.15, -0.1) is 10.2 Å². The van der Waals surface area contributed by atoms with Gasteiger partial charge in [-0.2, -0.15) is 0 Å². The molecule has 5 heteroatoms. The molecule has 19 heavy (non-hydrogen) atoms. The molecule has 5 nitrogen and oxygen atoms in total. The highest BCUT2D eigenvalue weighted by molar-refractivity contribution is 5.73. The molecular weight excluding hydrogens is 242 g/mol. The fourth-order valence-electron chi connectivity index (χ4n) is 2.54. The monoisotopic (exact) mass is 257 g/mol. The number of aryl methyl sites for hydroxylation is 2. The zero-order valence-corrected chi connectivity index (χ0v) is 10.7. The van der Waals surface area contributed by atoms with Crippen molar-refractivity contribution in [1.29, 1.82) is 0 Å². The van der Waals surface area contributed by atoms with Gasteiger partial charge in [0.1, 0.15) is 11.9 Å². The third-order valence-electron chi connectivity index (χ3n) is 3.55. The third kappa shape index (κ3) is 2.01. The molecule has 1 aromatic heterocycles. The molecule has 1 N–H and O–H groups in total. The van der Waals surface area contributed by atoms with E-state index < -0.39 is 12.0 Å². The largest absolute Gasteiger partial charge is 0.480 e. The van der Waals surface area contributed by atoms with E-state index in [0.717, 1.165) is 29.8 Å². The van der Waals surface area contributed by atoms with Crippen molar-refractivity contribution in [1.82, 2.24) is 14.8 Å². The minimum Gasteiger partial charge on any atom is -0.480 e. The van der Waals surface area contributed by atoms with Crippen LogP contribution in [0.4, 0.5) is 0 Å². The minimum absolute atomic E-state index is 0.546. The van der Waals surface area contributed by atoms with Gasteiger partial charge in [0.15, 0.2) is 5.82 Å². The van der Waals surface area contributed by atoms with Crippen molar-refractivity contribution in [2.75, 3.05) is 0 Å². The molecule has 98 valence electrons. The van der Waals surface area contributed by atoms with Crippen LogP contribution < -0.4 is 0 Å². The van der Waals surface area contributed by atoms with Gasteiger partial charge in [-0.25, -0.2) is 4.79 Å². The van der Waals surface area contributed by atoms with Gasteiger partial charge in [0.25, 0.3) is 0 Å². The normalized spacial score (nSPS) is 18.1. The lowest BCUT2D eigenvalue weighted by atomic mass is 10.0. The molecule has 0 aliphatic carbocycles. The topological polar surface area (TPSA) is 68.0 Å². The number of carboxylic acid groups (broad SMARTS) is 1. The number of hydrogen-bond acceptors (Lipinski definition) is 3. The molecule has 1 aromatic carbocycles. The van der Waals surface area contributed by atoms with Crippen molar-refractivity contribution in [2.45, 2.75) is 32.2 Å². The van der Waals surface area contributed by atoms with Crippen LogP contribution in [0.2, 0.25) is 0 Å². The fraction of sp³-hybridized carbons (Fsp3) is 0.357. The second kappa shape index (κ2) is 4.50. The Bertz CT molecular complexity index is 616. The van der Waals surface area contributed by atoms with Crippen molar-refractivity contribution in [2.24, 2.45) is 0 Å². The molecule has 0 fully saturated rings. The summed E-state index contributed by atoms with van der Waals surface area (Å²) < 4.78 is 1.77. The Labute approximate surface area is 110 Å². The van der Waals surface area contributed by atoms with Gasteiger partial charge in [-0.05, 0) is 19.8 Å². The molecule has 1 atom stereocenters. The molecule has 0 saturated heterocycles. The van der Waals surface area contributed by atoms with Crippen molar-refractivity contribution in [3.05, 3.63) is 35.7 Å². The molecule has 2 aromatic rings. The summed E-state index contributed by atoms with van der Waals surface area (Å²) in [7, 11) is 0. The summed E-state index contributed by atoms with van der Waals surface area (Å²) >= 11 is 0. The lowest BCUT2D eigenvalue weighted by Gasteiger charge is -2.22. The van der Waals surface area contributed by atoms with E-state index in [1.54, 1.807) is 4.57 Å². The number of benzene rings is 1. The van der Waals surface area contributed by atoms with Crippen LogP contribution in [0.1, 0.15) is 30.3 Å². The SMILES string of the molecule is Cc1ccc(-c2nnc3n2C(C(=O)O)CCC3)cc1. The van der Waals surface area contributed by atoms with Gasteiger partial charge in [0.05, 0.1) is 0 Å². The van der Waals surface area contributed by atoms with Crippen molar-refractivity contribution in [3.8, 4) is 11.4 Å². The number of fused-ring (bicyclic) bond motifs is 1. The second-order valence-corrected chi connectivity index (χ2v) is 4.92. The Morgan fingerprint density at radius 3 is 2.74 bits per heavy atom. The Hall–Kier alpha value is -2.17. The number of rotatable bonds is 2. The van der Waals surface area contributed by atoms with Crippen LogP contribution in [0.15, 0.2) is 24.3 Å². The van der Waals surface area contributed by atoms with Crippen LogP contribution in [0.5, 0.6) is 0 Å². The van der Waals surface area contributed by atoms with Crippen molar-refractivity contribution >= 4 is 5.97 Å². The summed E-state index contributed by atoms with van der Waals surface area (Å²) in [5.74, 6) is 0.616. The van der Waals surface area contributed by atoms with E-state index >= 15 is 0 Å². The lowest BCUT2D eigenvalue weighted by Crippen LogP contribution is -2.25. The van der Waals surface area contributed by atoms with Crippen LogP contribution in [0.25, 0.3) is 11.4 Å². The van der Waals surface area contributed by atoms with Crippen LogP contribution in [0.3, 0.4) is 0 Å². The Balaban J connectivity index is 2.11. The first kappa shape index (κ1) is 11.9. The highest BCUT2D eigenvalue weighted by Crippen LogP contribution is 2.30. The summed E-state index contributed by atoms with van der Waals surface area (Å²) in [6.45, 7) is 2.02. The Morgan fingerprint density at radius 1 is 1.32 bits per heavy atom. The molecule has 0 saturated carbocycles. The van der Waals surface area contributed by atoms with Crippen LogP contribution >= 0.6 is 0 Å². The predicted octanol–water partition coefficient (Wildman–Crippen LogP) is 2.22. The van der Waals surface area contributed by atoms with Gasteiger partial charge < -0.3 is 5.11 Å². The van der Waals surface area contributed by atoms with Gasteiger partial charge in [-0.1, -0.05) is 29.8 Å². The number of aliphatic carboxylic acids is 1. The first-order chi connectivity index (χ1) is 9.16. The first-order valence-electron chi connectivity index (χ1n) is 6.40. The summed E-state index contributed by atoms with van der Waals surface area (Å²) in [5.41, 5.74) is 2.08. The smallest absolute Gasteiger partial charge is 0.326 e. The molecule has 1 aliphatic rings. The van der Waals surface area contributed by atoms with E-state index in [0.29, 0.717) is 12.2 Å². The van der Waals surface area contributed by atoms with Crippen molar-refractivity contribution in [3.63, 3.8) is 0 Å². The van der Waals surface area contributed by atoms with E-state index in [4.69, 9.17) is 0 Å². The van der Waals surface area contributed by atoms with E-state index in [-0.39, 0.29) is 0 Å². The van der Waals surface area contributed by atoms with E-state index in [1.807, 2.05) is 31.2 Å². The Morgan fingerprint density at radius 2 is 2.05 bits per heavy atom. The van der Waals surface area contributed by atoms with E-state index in [2.05, 4.69) is 10.2 Å². The zero-order valence-electron chi connectivity index (χ0n) is 10.7. The van der Waals surface area contributed by atoms with Crippen LogP contribution in [-0.2, 0) is 11.2 Å². The molecular formula is C14H15N3O2. The quantitative estimate of drug-likeness (QED) is 0.895. The van der Waals surface area contributed by atoms with Gasteiger partial charge in [-0.3, -0.25) is 4.57 Å². The average Bonchev–Trinajstić information content (AvgIpc) is 2.83. The summed E-state index contributed by atoms with van der Waals surface area (Å²) in [6, 6.07) is 7.36. The lowest BCUT2D eigenvalue weighted by molar-refractivity contribution is -0.141. The molecule has 0 bridgehead atoms. The van der Waals surface area contributed by atoms with Gasteiger partial charge in [0, 0.05) is 12.0 Å². The number of hydrogen-bond donors (Lipinski definition) is 1. The van der Waals surface area contributed by atoms with Gasteiger partial charge >= 0.3 is 5.97 Å². The maximum atomic E-state index is 11.4. The maximum Gasteiger partial charge on any atom is 0.326 e. The molecule has 0 spiro atoms. The van der Waals surface area contributed by atoms with Gasteiger partial charge in [0.2, 0.25) is 0 Å². The highest BCUT2D eigenvalue weighted by atomic mass is 16.4. The predicted molar refractivity (Wildman–Crippen MR) is 69.8 cm³/mol. The minimum atomic E-state index is -0.811. The fourth-order valence-corrected chi connectivity index (χ4v) is 2.54. The summed E-state index contributed by atoms with van der Waals surface area (Å²) in [6.07, 6.45) is 2.28. The molecule has 1 aliphatic heterocycles. The third-order valence-corrected chi connectivity index (χ3v) is 3.55. The molecule has 1 unspecified atom stereocenters. The average molecular weight is 257 g/mol. The van der Waals surface area contributed by atoms with Crippen molar-refractivity contribution < 1.29 is 9.90 Å². The standard InChI is InChI=1S/C14H15N3O2/c1-9-5-7-10(8-6-9)13-16-15-12-4-2-3-11(14(18)19)17(12)13/h5-8,11H,2-4H2,1H3,(H,18,19). The Kier molecular flexibility index (Phi) is 2.81. The van der Waals surface area contributed by atoms with Crippen LogP contribution in [0, 0.1) is 6.92 Å². The number of aromatic nitrogens is 3. The summed E-state index contributed by atoms with van der Waals surface area (Å²) in [5, 5.41) is 17.7. The van der Waals surface area contributed by atoms with E-state index in [1.165, 1.54) is 0 Å². The summed E-state index contributed by atoms with van der Waals surface area (Å²) in [4.78, 5) is 11.4. The zero-order chi connectivity index (χ0) is 13.4.